The van der Waals surface area contributed by atoms with Crippen molar-refractivity contribution < 1.29 is 23.8 Å². The van der Waals surface area contributed by atoms with E-state index in [0.717, 1.165) is 25.7 Å². The normalized spacial score (nSPS) is 15.1. The van der Waals surface area contributed by atoms with Crippen molar-refractivity contribution in [3.8, 4) is 11.5 Å². The van der Waals surface area contributed by atoms with Gasteiger partial charge in [-0.15, -0.1) is 11.3 Å². The van der Waals surface area contributed by atoms with Crippen LogP contribution in [-0.2, 0) is 9.53 Å². The Hall–Kier alpha value is -2.58. The van der Waals surface area contributed by atoms with Gasteiger partial charge in [0.2, 0.25) is 5.91 Å². The van der Waals surface area contributed by atoms with Crippen LogP contribution in [0.1, 0.15) is 53.4 Å². The van der Waals surface area contributed by atoms with E-state index in [1.165, 1.54) is 17.8 Å². The third kappa shape index (κ3) is 5.81. The Balaban J connectivity index is 2.02. The second-order valence-electron chi connectivity index (χ2n) is 7.82. The van der Waals surface area contributed by atoms with Gasteiger partial charge in [0.15, 0.2) is 0 Å². The molecule has 1 aliphatic carbocycles. The highest BCUT2D eigenvalue weighted by Gasteiger charge is 2.35. The van der Waals surface area contributed by atoms with Crippen LogP contribution in [0.4, 0.5) is 0 Å². The predicted octanol–water partition coefficient (Wildman–Crippen LogP) is 4.04. The lowest BCUT2D eigenvalue weighted by atomic mass is 9.94. The fourth-order valence-corrected chi connectivity index (χ4v) is 4.78. The van der Waals surface area contributed by atoms with Gasteiger partial charge in [-0.1, -0.05) is 25.3 Å². The topological polar surface area (TPSA) is 77.1 Å². The van der Waals surface area contributed by atoms with E-state index in [2.05, 4.69) is 5.32 Å². The fourth-order valence-electron chi connectivity index (χ4n) is 4.10. The average Bonchev–Trinajstić information content (AvgIpc) is 3.36. The molecule has 0 unspecified atom stereocenters. The molecule has 1 heterocycles. The lowest BCUT2D eigenvalue weighted by molar-refractivity contribution is -0.127. The Kier molecular flexibility index (Phi) is 8.93. The van der Waals surface area contributed by atoms with Gasteiger partial charge >= 0.3 is 0 Å². The molecule has 32 heavy (non-hydrogen) atoms. The molecule has 174 valence electrons. The van der Waals surface area contributed by atoms with Crippen LogP contribution in [0.15, 0.2) is 35.7 Å². The number of nitrogens with zero attached hydrogens (tertiary/aromatic N) is 1. The predicted molar refractivity (Wildman–Crippen MR) is 125 cm³/mol. The van der Waals surface area contributed by atoms with Gasteiger partial charge in [-0.05, 0) is 36.4 Å². The first-order valence-electron chi connectivity index (χ1n) is 10.9. The minimum absolute atomic E-state index is 0.115. The maximum atomic E-state index is 13.7. The molecule has 3 rings (SSSR count). The minimum atomic E-state index is -0.859. The monoisotopic (exact) mass is 460 g/mol. The van der Waals surface area contributed by atoms with E-state index < -0.39 is 6.04 Å². The Morgan fingerprint density at radius 1 is 1.12 bits per heavy atom. The van der Waals surface area contributed by atoms with Crippen molar-refractivity contribution in [2.45, 2.75) is 44.2 Å². The molecule has 1 aliphatic rings. The van der Waals surface area contributed by atoms with Gasteiger partial charge in [-0.25, -0.2) is 0 Å². The molecule has 1 saturated carbocycles. The highest BCUT2D eigenvalue weighted by atomic mass is 32.1. The number of benzene rings is 1. The maximum Gasteiger partial charge on any atom is 0.264 e. The summed E-state index contributed by atoms with van der Waals surface area (Å²) in [6.45, 7) is 0.577. The molecular formula is C24H32N2O5S. The molecule has 1 fully saturated rings. The van der Waals surface area contributed by atoms with E-state index in [-0.39, 0.29) is 24.4 Å². The molecule has 7 nitrogen and oxygen atoms in total. The van der Waals surface area contributed by atoms with E-state index in [9.17, 15) is 9.59 Å². The molecule has 0 saturated heterocycles. The van der Waals surface area contributed by atoms with E-state index in [0.29, 0.717) is 28.5 Å². The number of carbonyl (C=O) groups is 2. The number of carbonyl (C=O) groups excluding carboxylic acids is 2. The largest absolute Gasteiger partial charge is 0.497 e. The van der Waals surface area contributed by atoms with Crippen molar-refractivity contribution >= 4 is 23.2 Å². The first kappa shape index (κ1) is 24.1. The number of thiophene rings is 1. The van der Waals surface area contributed by atoms with Crippen molar-refractivity contribution in [1.82, 2.24) is 10.2 Å². The van der Waals surface area contributed by atoms with Crippen molar-refractivity contribution in [1.29, 1.82) is 0 Å². The highest BCUT2D eigenvalue weighted by molar-refractivity contribution is 7.12. The molecule has 0 bridgehead atoms. The van der Waals surface area contributed by atoms with Crippen molar-refractivity contribution in [3.63, 3.8) is 0 Å². The Morgan fingerprint density at radius 3 is 2.53 bits per heavy atom. The summed E-state index contributed by atoms with van der Waals surface area (Å²) < 4.78 is 16.2. The van der Waals surface area contributed by atoms with Crippen molar-refractivity contribution in [3.05, 3.63) is 46.2 Å². The summed E-state index contributed by atoms with van der Waals surface area (Å²) in [6, 6.07) is 8.17. The second-order valence-corrected chi connectivity index (χ2v) is 8.77. The second kappa shape index (κ2) is 11.9. The zero-order chi connectivity index (χ0) is 22.9. The molecule has 2 amide bonds. The summed E-state index contributed by atoms with van der Waals surface area (Å²) in [5.74, 6) is 0.694. The third-order valence-corrected chi connectivity index (χ3v) is 6.63. The average molecular weight is 461 g/mol. The molecule has 1 aromatic carbocycles. The summed E-state index contributed by atoms with van der Waals surface area (Å²) >= 11 is 1.35. The number of hydrogen-bond donors (Lipinski definition) is 1. The van der Waals surface area contributed by atoms with Gasteiger partial charge in [0.25, 0.3) is 5.91 Å². The standard InChI is InChI=1S/C24H32N2O5S/c1-29-14-13-26(24(28)21-10-7-15-32-21)22(23(27)25-17-8-5-4-6-9-17)19-12-11-18(30-2)16-20(19)31-3/h7,10-12,15-17,22H,4-6,8-9,13-14H2,1-3H3,(H,25,27)/t22-/m1/s1. The third-order valence-electron chi connectivity index (χ3n) is 5.78. The number of methoxy groups -OCH3 is 3. The maximum absolute atomic E-state index is 13.7. The Morgan fingerprint density at radius 2 is 1.91 bits per heavy atom. The lowest BCUT2D eigenvalue weighted by Crippen LogP contribution is -2.48. The quantitative estimate of drug-likeness (QED) is 0.579. The van der Waals surface area contributed by atoms with Crippen LogP contribution in [0, 0.1) is 0 Å². The van der Waals surface area contributed by atoms with Crippen LogP contribution in [0.5, 0.6) is 11.5 Å². The molecule has 1 atom stereocenters. The molecule has 1 N–H and O–H groups in total. The van der Waals surface area contributed by atoms with Crippen molar-refractivity contribution in [2.75, 3.05) is 34.5 Å². The summed E-state index contributed by atoms with van der Waals surface area (Å²) in [5, 5.41) is 5.05. The van der Waals surface area contributed by atoms with Crippen LogP contribution < -0.4 is 14.8 Å². The molecule has 0 radical (unpaired) electrons. The van der Waals surface area contributed by atoms with Crippen LogP contribution in [0.25, 0.3) is 0 Å². The number of amides is 2. The number of nitrogens with one attached hydrogen (secondary N) is 1. The highest BCUT2D eigenvalue weighted by Crippen LogP contribution is 2.34. The van der Waals surface area contributed by atoms with E-state index in [1.807, 2.05) is 11.4 Å². The van der Waals surface area contributed by atoms with Gasteiger partial charge in [-0.3, -0.25) is 9.59 Å². The van der Waals surface area contributed by atoms with Crippen LogP contribution in [-0.4, -0.2) is 57.2 Å². The zero-order valence-corrected chi connectivity index (χ0v) is 19.8. The summed E-state index contributed by atoms with van der Waals surface area (Å²) in [7, 11) is 4.71. The number of hydrogen-bond acceptors (Lipinski definition) is 6. The number of rotatable bonds is 10. The molecular weight excluding hydrogens is 428 g/mol. The zero-order valence-electron chi connectivity index (χ0n) is 19.0. The van der Waals surface area contributed by atoms with Gasteiger partial charge in [0.05, 0.1) is 25.7 Å². The summed E-state index contributed by atoms with van der Waals surface area (Å²) in [5.41, 5.74) is 0.614. The van der Waals surface area contributed by atoms with E-state index in [1.54, 1.807) is 50.5 Å². The fraction of sp³-hybridized carbons (Fsp3) is 0.500. The minimum Gasteiger partial charge on any atom is -0.497 e. The van der Waals surface area contributed by atoms with Crippen LogP contribution in [0.3, 0.4) is 0 Å². The van der Waals surface area contributed by atoms with Gasteiger partial charge in [0, 0.05) is 31.3 Å². The summed E-state index contributed by atoms with van der Waals surface area (Å²) in [6.07, 6.45) is 5.30. The van der Waals surface area contributed by atoms with Crippen molar-refractivity contribution in [2.24, 2.45) is 0 Å². The first-order chi connectivity index (χ1) is 15.6. The molecule has 0 aliphatic heterocycles. The molecule has 8 heteroatoms. The lowest BCUT2D eigenvalue weighted by Gasteiger charge is -2.33. The summed E-state index contributed by atoms with van der Waals surface area (Å²) in [4.78, 5) is 29.3. The Labute approximate surface area is 193 Å². The van der Waals surface area contributed by atoms with Gasteiger partial charge in [-0.2, -0.15) is 0 Å². The van der Waals surface area contributed by atoms with E-state index in [4.69, 9.17) is 14.2 Å². The molecule has 0 spiro atoms. The molecule has 2 aromatic rings. The van der Waals surface area contributed by atoms with Crippen LogP contribution in [0.2, 0.25) is 0 Å². The van der Waals surface area contributed by atoms with Gasteiger partial charge < -0.3 is 24.4 Å². The van der Waals surface area contributed by atoms with E-state index >= 15 is 0 Å². The van der Waals surface area contributed by atoms with Crippen LogP contribution >= 0.6 is 11.3 Å². The first-order valence-corrected chi connectivity index (χ1v) is 11.8. The number of ether oxygens (including phenoxy) is 3. The SMILES string of the molecule is COCCN(C(=O)c1cccs1)[C@@H](C(=O)NC1CCCCC1)c1ccc(OC)cc1OC. The molecule has 1 aromatic heterocycles. The Bertz CT molecular complexity index is 881. The van der Waals surface area contributed by atoms with Gasteiger partial charge in [0.1, 0.15) is 17.5 Å². The smallest absolute Gasteiger partial charge is 0.264 e.